The van der Waals surface area contributed by atoms with Gasteiger partial charge in [-0.15, -0.1) is 0 Å². The van der Waals surface area contributed by atoms with Crippen molar-refractivity contribution in [3.8, 4) is 0 Å². The summed E-state index contributed by atoms with van der Waals surface area (Å²) >= 11 is 0. The van der Waals surface area contributed by atoms with Crippen molar-refractivity contribution in [3.05, 3.63) is 52.6 Å². The van der Waals surface area contributed by atoms with Gasteiger partial charge in [0.25, 0.3) is 5.91 Å². The number of methoxy groups -OCH3 is 1. The molecule has 1 fully saturated rings. The number of rotatable bonds is 3. The highest BCUT2D eigenvalue weighted by atomic mass is 16.5. The Balaban J connectivity index is 1.74. The molecule has 1 saturated heterocycles. The van der Waals surface area contributed by atoms with E-state index < -0.39 is 5.97 Å². The predicted octanol–water partition coefficient (Wildman–Crippen LogP) is 3.67. The molecule has 1 aliphatic rings. The number of hydrogen-bond acceptors (Lipinski definition) is 4. The number of carbonyl (C=O) groups is 2. The van der Waals surface area contributed by atoms with E-state index in [9.17, 15) is 9.59 Å². The Morgan fingerprint density at radius 1 is 1.21 bits per heavy atom. The Morgan fingerprint density at radius 3 is 2.69 bits per heavy atom. The van der Waals surface area contributed by atoms with Gasteiger partial charge in [-0.25, -0.2) is 9.78 Å². The quantitative estimate of drug-likeness (QED) is 0.688. The van der Waals surface area contributed by atoms with E-state index in [2.05, 4.69) is 9.55 Å². The largest absolute Gasteiger partial charge is 0.465 e. The number of imidazole rings is 1. The minimum absolute atomic E-state index is 0.0989. The zero-order valence-corrected chi connectivity index (χ0v) is 17.3. The van der Waals surface area contributed by atoms with Crippen molar-refractivity contribution in [2.75, 3.05) is 13.7 Å². The molecular formula is C22H26N4O3. The van der Waals surface area contributed by atoms with Gasteiger partial charge in [0.2, 0.25) is 0 Å². The summed E-state index contributed by atoms with van der Waals surface area (Å²) in [5.74, 6) is 0.367. The summed E-state index contributed by atoms with van der Waals surface area (Å²) in [6.45, 7) is 4.24. The Morgan fingerprint density at radius 2 is 1.97 bits per heavy atom. The summed E-state index contributed by atoms with van der Waals surface area (Å²) in [7, 11) is 3.35. The van der Waals surface area contributed by atoms with Crippen LogP contribution < -0.4 is 0 Å². The molecule has 0 saturated carbocycles. The number of H-pyrrole nitrogens is 1. The van der Waals surface area contributed by atoms with Crippen LogP contribution in [-0.2, 0) is 11.8 Å². The van der Waals surface area contributed by atoms with Crippen molar-refractivity contribution in [3.63, 3.8) is 0 Å². The fraction of sp³-hybridized carbons (Fsp3) is 0.409. The number of amides is 1. The molecule has 4 rings (SSSR count). The number of para-hydroxylation sites is 2. The van der Waals surface area contributed by atoms with Crippen LogP contribution in [-0.4, -0.2) is 45.0 Å². The van der Waals surface area contributed by atoms with Gasteiger partial charge in [-0.2, -0.15) is 0 Å². The van der Waals surface area contributed by atoms with Crippen LogP contribution in [0.25, 0.3) is 11.0 Å². The molecule has 1 amide bonds. The van der Waals surface area contributed by atoms with Crippen LogP contribution in [0.15, 0.2) is 24.3 Å². The van der Waals surface area contributed by atoms with Gasteiger partial charge in [0.1, 0.15) is 11.5 Å². The number of piperidine rings is 1. The van der Waals surface area contributed by atoms with Gasteiger partial charge >= 0.3 is 5.97 Å². The number of aromatic nitrogens is 3. The number of carbonyl (C=O) groups excluding carboxylic acids is 2. The number of ether oxygens (including phenoxy) is 1. The highest BCUT2D eigenvalue weighted by Gasteiger charge is 2.34. The molecule has 1 unspecified atom stereocenters. The Bertz CT molecular complexity index is 1100. The second-order valence-electron chi connectivity index (χ2n) is 7.64. The van der Waals surface area contributed by atoms with E-state index in [1.807, 2.05) is 36.2 Å². The molecule has 0 bridgehead atoms. The summed E-state index contributed by atoms with van der Waals surface area (Å²) in [5, 5.41) is 0. The Kier molecular flexibility index (Phi) is 4.90. The molecule has 1 aliphatic heterocycles. The fourth-order valence-electron chi connectivity index (χ4n) is 4.42. The topological polar surface area (TPSA) is 80.2 Å². The van der Waals surface area contributed by atoms with Crippen molar-refractivity contribution < 1.29 is 14.3 Å². The number of likely N-dealkylation sites (tertiary alicyclic amines) is 1. The minimum atomic E-state index is -0.430. The molecule has 0 spiro atoms. The van der Waals surface area contributed by atoms with E-state index in [1.54, 1.807) is 13.8 Å². The molecule has 0 aliphatic carbocycles. The third-order valence-electron chi connectivity index (χ3n) is 5.92. The van der Waals surface area contributed by atoms with Crippen LogP contribution in [0.5, 0.6) is 0 Å². The van der Waals surface area contributed by atoms with Crippen molar-refractivity contribution >= 4 is 22.9 Å². The van der Waals surface area contributed by atoms with Gasteiger partial charge in [-0.1, -0.05) is 12.1 Å². The number of hydrogen-bond donors (Lipinski definition) is 1. The number of benzene rings is 1. The van der Waals surface area contributed by atoms with Crippen molar-refractivity contribution in [2.24, 2.45) is 7.05 Å². The van der Waals surface area contributed by atoms with Crippen molar-refractivity contribution in [1.82, 2.24) is 19.4 Å². The highest BCUT2D eigenvalue weighted by Crippen LogP contribution is 2.34. The lowest BCUT2D eigenvalue weighted by molar-refractivity contribution is 0.0590. The first-order valence-electron chi connectivity index (χ1n) is 9.93. The van der Waals surface area contributed by atoms with E-state index in [4.69, 9.17) is 9.72 Å². The maximum atomic E-state index is 13.5. The summed E-state index contributed by atoms with van der Waals surface area (Å²) < 4.78 is 6.96. The Labute approximate surface area is 169 Å². The third kappa shape index (κ3) is 3.10. The lowest BCUT2D eigenvalue weighted by atomic mass is 10.00. The van der Waals surface area contributed by atoms with Crippen LogP contribution in [0, 0.1) is 13.8 Å². The normalized spacial score (nSPS) is 17.0. The van der Waals surface area contributed by atoms with Crippen LogP contribution in [0.3, 0.4) is 0 Å². The SMILES string of the molecule is COC(=O)c1c(C)[nH]c(C(=O)N2CCCCC2c2nc3ccccc3n2C)c1C. The van der Waals surface area contributed by atoms with Gasteiger partial charge in [0, 0.05) is 19.3 Å². The third-order valence-corrected chi connectivity index (χ3v) is 5.92. The Hall–Kier alpha value is -3.09. The van der Waals surface area contributed by atoms with Crippen LogP contribution in [0.4, 0.5) is 0 Å². The molecule has 0 radical (unpaired) electrons. The lowest BCUT2D eigenvalue weighted by Gasteiger charge is -2.35. The van der Waals surface area contributed by atoms with Gasteiger partial charge in [-0.05, 0) is 50.8 Å². The summed E-state index contributed by atoms with van der Waals surface area (Å²) in [6.07, 6.45) is 2.87. The molecule has 152 valence electrons. The van der Waals surface area contributed by atoms with Crippen molar-refractivity contribution in [2.45, 2.75) is 39.2 Å². The first kappa shape index (κ1) is 19.2. The highest BCUT2D eigenvalue weighted by molar-refractivity contribution is 6.00. The molecule has 1 atom stereocenters. The summed E-state index contributed by atoms with van der Waals surface area (Å²) in [4.78, 5) is 35.5. The molecular weight excluding hydrogens is 368 g/mol. The molecule has 3 aromatic rings. The first-order valence-corrected chi connectivity index (χ1v) is 9.93. The van der Waals surface area contributed by atoms with Gasteiger partial charge < -0.3 is 19.2 Å². The van der Waals surface area contributed by atoms with Crippen LogP contribution in [0.2, 0.25) is 0 Å². The maximum absolute atomic E-state index is 13.5. The van der Waals surface area contributed by atoms with Crippen LogP contribution in [0.1, 0.15) is 63.2 Å². The summed E-state index contributed by atoms with van der Waals surface area (Å²) in [6, 6.07) is 7.91. The monoisotopic (exact) mass is 394 g/mol. The molecule has 1 aromatic carbocycles. The zero-order valence-electron chi connectivity index (χ0n) is 17.3. The standard InChI is InChI=1S/C22H26N4O3/c1-13-18(22(28)29-4)14(2)23-19(13)21(27)26-12-8-7-11-17(26)20-24-15-9-5-6-10-16(15)25(20)3/h5-6,9-10,17,23H,7-8,11-12H2,1-4H3. The van der Waals surface area contributed by atoms with E-state index in [1.165, 1.54) is 7.11 Å². The van der Waals surface area contributed by atoms with E-state index in [-0.39, 0.29) is 11.9 Å². The number of nitrogens with zero attached hydrogens (tertiary/aromatic N) is 3. The first-order chi connectivity index (χ1) is 13.9. The van der Waals surface area contributed by atoms with Crippen molar-refractivity contribution in [1.29, 1.82) is 0 Å². The molecule has 1 N–H and O–H groups in total. The average Bonchev–Trinajstić information content (AvgIpc) is 3.23. The summed E-state index contributed by atoms with van der Waals surface area (Å²) in [5.41, 5.74) is 4.16. The number of aryl methyl sites for hydroxylation is 2. The number of aromatic amines is 1. The van der Waals surface area contributed by atoms with Gasteiger partial charge in [-0.3, -0.25) is 4.79 Å². The number of fused-ring (bicyclic) bond motifs is 1. The average molecular weight is 394 g/mol. The molecule has 7 nitrogen and oxygen atoms in total. The molecule has 3 heterocycles. The minimum Gasteiger partial charge on any atom is -0.465 e. The fourth-order valence-corrected chi connectivity index (χ4v) is 4.42. The number of nitrogens with one attached hydrogen (secondary N) is 1. The molecule has 29 heavy (non-hydrogen) atoms. The van der Waals surface area contributed by atoms with E-state index >= 15 is 0 Å². The smallest absolute Gasteiger partial charge is 0.339 e. The predicted molar refractivity (Wildman–Crippen MR) is 110 cm³/mol. The van der Waals surface area contributed by atoms with E-state index in [0.29, 0.717) is 29.1 Å². The van der Waals surface area contributed by atoms with Gasteiger partial charge in [0.15, 0.2) is 0 Å². The zero-order chi connectivity index (χ0) is 20.7. The van der Waals surface area contributed by atoms with Gasteiger partial charge in [0.05, 0.1) is 29.7 Å². The number of esters is 1. The molecule has 2 aromatic heterocycles. The second kappa shape index (κ2) is 7.39. The second-order valence-corrected chi connectivity index (χ2v) is 7.64. The van der Waals surface area contributed by atoms with Crippen LogP contribution >= 0.6 is 0 Å². The lowest BCUT2D eigenvalue weighted by Crippen LogP contribution is -2.40. The molecule has 7 heteroatoms. The van der Waals surface area contributed by atoms with E-state index in [0.717, 1.165) is 36.1 Å². The maximum Gasteiger partial charge on any atom is 0.339 e.